The molecule has 0 spiro atoms. The van der Waals surface area contributed by atoms with Crippen LogP contribution in [-0.2, 0) is 10.0 Å². The van der Waals surface area contributed by atoms with Gasteiger partial charge in [-0.15, -0.1) is 11.3 Å². The molecular weight excluding hydrogens is 364 g/mol. The van der Waals surface area contributed by atoms with Crippen LogP contribution >= 0.6 is 11.3 Å². The van der Waals surface area contributed by atoms with E-state index in [1.807, 2.05) is 0 Å². The van der Waals surface area contributed by atoms with E-state index >= 15 is 0 Å². The molecule has 0 saturated carbocycles. The average Bonchev–Trinajstić information content (AvgIpc) is 3.05. The molecule has 9 heteroatoms. The third-order valence-corrected chi connectivity index (χ3v) is 7.31. The number of nitrogens with zero attached hydrogens (tertiary/aromatic N) is 1. The smallest absolute Gasteiger partial charge is 0.336 e. The molecule has 1 saturated heterocycles. The summed E-state index contributed by atoms with van der Waals surface area (Å²) in [5, 5.41) is 9.17. The maximum absolute atomic E-state index is 12.8. The van der Waals surface area contributed by atoms with E-state index < -0.39 is 21.2 Å². The van der Waals surface area contributed by atoms with Crippen LogP contribution in [0.5, 0.6) is 0 Å². The Morgan fingerprint density at radius 1 is 1.36 bits per heavy atom. The number of thiophene rings is 1. The molecule has 0 radical (unpaired) electrons. The number of fused-ring (bicyclic) bond motifs is 1. The van der Waals surface area contributed by atoms with Gasteiger partial charge in [0.1, 0.15) is 0 Å². The van der Waals surface area contributed by atoms with Gasteiger partial charge in [0.25, 0.3) is 5.91 Å². The first-order chi connectivity index (χ1) is 11.8. The van der Waals surface area contributed by atoms with Gasteiger partial charge in [-0.2, -0.15) is 0 Å². The summed E-state index contributed by atoms with van der Waals surface area (Å²) in [4.78, 5) is 26.1. The second-order valence-electron chi connectivity index (χ2n) is 5.90. The number of carbonyl (C=O) groups excluding carboxylic acids is 1. The van der Waals surface area contributed by atoms with Crippen LogP contribution in [0.1, 0.15) is 32.9 Å². The van der Waals surface area contributed by atoms with E-state index in [0.717, 1.165) is 4.70 Å². The lowest BCUT2D eigenvalue weighted by molar-refractivity contribution is 0.0696. The number of hydrogen-bond acceptors (Lipinski definition) is 5. The fourth-order valence-corrected chi connectivity index (χ4v) is 5.29. The van der Waals surface area contributed by atoms with Crippen molar-refractivity contribution in [3.63, 3.8) is 0 Å². The lowest BCUT2D eigenvalue weighted by Gasteiger charge is -2.31. The number of carbonyl (C=O) groups is 2. The highest BCUT2D eigenvalue weighted by atomic mass is 32.2. The van der Waals surface area contributed by atoms with E-state index in [1.54, 1.807) is 18.2 Å². The van der Waals surface area contributed by atoms with E-state index in [0.29, 0.717) is 29.6 Å². The Kier molecular flexibility index (Phi) is 4.81. The van der Waals surface area contributed by atoms with Crippen molar-refractivity contribution in [1.82, 2.24) is 9.62 Å². The highest BCUT2D eigenvalue weighted by molar-refractivity contribution is 7.90. The zero-order valence-corrected chi connectivity index (χ0v) is 15.2. The van der Waals surface area contributed by atoms with Gasteiger partial charge >= 0.3 is 5.97 Å². The Balaban J connectivity index is 1.89. The Labute approximate surface area is 149 Å². The Bertz CT molecular complexity index is 935. The van der Waals surface area contributed by atoms with Crippen LogP contribution in [0.2, 0.25) is 0 Å². The molecule has 0 bridgehead atoms. The molecule has 3 rings (SSSR count). The van der Waals surface area contributed by atoms with Crippen molar-refractivity contribution < 1.29 is 23.1 Å². The lowest BCUT2D eigenvalue weighted by Crippen LogP contribution is -2.47. The van der Waals surface area contributed by atoms with Crippen LogP contribution in [0.4, 0.5) is 0 Å². The van der Waals surface area contributed by atoms with Crippen molar-refractivity contribution in [1.29, 1.82) is 0 Å². The summed E-state index contributed by atoms with van der Waals surface area (Å²) in [6.45, 7) is 0.636. The third-order valence-electron chi connectivity index (χ3n) is 4.39. The number of benzene rings is 1. The molecule has 1 amide bonds. The summed E-state index contributed by atoms with van der Waals surface area (Å²) in [7, 11) is -2.06. The van der Waals surface area contributed by atoms with E-state index in [2.05, 4.69) is 4.72 Å². The maximum Gasteiger partial charge on any atom is 0.336 e. The molecule has 2 aromatic rings. The fourth-order valence-electron chi connectivity index (χ4n) is 3.05. The molecule has 7 nitrogen and oxygen atoms in total. The minimum absolute atomic E-state index is 0.141. The number of likely N-dealkylation sites (tertiary alicyclic amines) is 1. The SMILES string of the molecule is CNS(=O)(=O)C1CCCN(C(=O)c2cc3c(C(=O)O)cccc3s2)C1. The van der Waals surface area contributed by atoms with Crippen LogP contribution in [0, 0.1) is 0 Å². The van der Waals surface area contributed by atoms with Crippen molar-refractivity contribution in [2.45, 2.75) is 18.1 Å². The molecule has 25 heavy (non-hydrogen) atoms. The second-order valence-corrected chi connectivity index (χ2v) is 9.15. The van der Waals surface area contributed by atoms with Gasteiger partial charge in [-0.05, 0) is 38.1 Å². The highest BCUT2D eigenvalue weighted by Gasteiger charge is 2.32. The predicted octanol–water partition coefficient (Wildman–Crippen LogP) is 1.75. The topological polar surface area (TPSA) is 104 Å². The molecule has 1 unspecified atom stereocenters. The largest absolute Gasteiger partial charge is 0.478 e. The molecule has 134 valence electrons. The van der Waals surface area contributed by atoms with Crippen LogP contribution in [0.25, 0.3) is 10.1 Å². The van der Waals surface area contributed by atoms with Crippen LogP contribution in [0.3, 0.4) is 0 Å². The van der Waals surface area contributed by atoms with Gasteiger partial charge in [-0.1, -0.05) is 6.07 Å². The van der Waals surface area contributed by atoms with Gasteiger partial charge in [-0.25, -0.2) is 17.9 Å². The minimum Gasteiger partial charge on any atom is -0.478 e. The Hall–Kier alpha value is -1.97. The molecule has 1 fully saturated rings. The van der Waals surface area contributed by atoms with Gasteiger partial charge < -0.3 is 10.0 Å². The normalized spacial score (nSPS) is 18.4. The number of nitrogens with one attached hydrogen (secondary N) is 1. The average molecular weight is 382 g/mol. The molecule has 1 aromatic carbocycles. The zero-order chi connectivity index (χ0) is 18.2. The highest BCUT2D eigenvalue weighted by Crippen LogP contribution is 2.30. The van der Waals surface area contributed by atoms with Gasteiger partial charge in [0.15, 0.2) is 0 Å². The number of aromatic carboxylic acids is 1. The Morgan fingerprint density at radius 2 is 2.12 bits per heavy atom. The standard InChI is InChI=1S/C16H18N2O5S2/c1-17-25(22,23)10-4-3-7-18(9-10)15(19)14-8-12-11(16(20)21)5-2-6-13(12)24-14/h2,5-6,8,10,17H,3-4,7,9H2,1H3,(H,20,21). The van der Waals surface area contributed by atoms with Crippen molar-refractivity contribution in [3.8, 4) is 0 Å². The number of carboxylic acids is 1. The van der Waals surface area contributed by atoms with Crippen LogP contribution < -0.4 is 4.72 Å². The molecule has 1 aliphatic heterocycles. The van der Waals surface area contributed by atoms with E-state index in [4.69, 9.17) is 0 Å². The monoisotopic (exact) mass is 382 g/mol. The molecule has 1 atom stereocenters. The van der Waals surface area contributed by atoms with Gasteiger partial charge in [0.2, 0.25) is 10.0 Å². The predicted molar refractivity (Wildman–Crippen MR) is 95.7 cm³/mol. The first-order valence-corrected chi connectivity index (χ1v) is 10.2. The number of piperidine rings is 1. The Morgan fingerprint density at radius 3 is 2.80 bits per heavy atom. The summed E-state index contributed by atoms with van der Waals surface area (Å²) < 4.78 is 27.1. The molecule has 1 aromatic heterocycles. The fraction of sp³-hybridized carbons (Fsp3) is 0.375. The summed E-state index contributed by atoms with van der Waals surface area (Å²) in [5.74, 6) is -1.30. The van der Waals surface area contributed by atoms with Crippen molar-refractivity contribution >= 4 is 43.3 Å². The molecule has 2 heterocycles. The molecule has 0 aliphatic carbocycles. The quantitative estimate of drug-likeness (QED) is 0.838. The lowest BCUT2D eigenvalue weighted by atomic mass is 10.1. The number of carboxylic acid groups (broad SMARTS) is 1. The summed E-state index contributed by atoms with van der Waals surface area (Å²) in [6, 6.07) is 6.50. The van der Waals surface area contributed by atoms with Gasteiger partial charge in [-0.3, -0.25) is 4.79 Å². The van der Waals surface area contributed by atoms with E-state index in [1.165, 1.54) is 29.4 Å². The van der Waals surface area contributed by atoms with Gasteiger partial charge in [0, 0.05) is 23.2 Å². The minimum atomic E-state index is -3.43. The zero-order valence-electron chi connectivity index (χ0n) is 13.6. The van der Waals surface area contributed by atoms with Crippen molar-refractivity contribution in [3.05, 3.63) is 34.7 Å². The first kappa shape index (κ1) is 17.8. The van der Waals surface area contributed by atoms with Crippen molar-refractivity contribution in [2.75, 3.05) is 20.1 Å². The number of amides is 1. The molecule has 1 aliphatic rings. The van der Waals surface area contributed by atoms with Crippen LogP contribution in [-0.4, -0.2) is 55.7 Å². The van der Waals surface area contributed by atoms with E-state index in [9.17, 15) is 23.1 Å². The summed E-state index contributed by atoms with van der Waals surface area (Å²) in [5.41, 5.74) is 0.155. The first-order valence-electron chi connectivity index (χ1n) is 7.81. The summed E-state index contributed by atoms with van der Waals surface area (Å²) in [6.07, 6.45) is 1.13. The maximum atomic E-state index is 12.8. The van der Waals surface area contributed by atoms with Gasteiger partial charge in [0.05, 0.1) is 15.7 Å². The van der Waals surface area contributed by atoms with Crippen molar-refractivity contribution in [2.24, 2.45) is 0 Å². The molecule has 2 N–H and O–H groups in total. The van der Waals surface area contributed by atoms with E-state index in [-0.39, 0.29) is 18.0 Å². The second kappa shape index (κ2) is 6.74. The third kappa shape index (κ3) is 3.39. The summed E-state index contributed by atoms with van der Waals surface area (Å²) >= 11 is 1.23. The number of rotatable bonds is 4. The molecular formula is C16H18N2O5S2. The number of hydrogen-bond donors (Lipinski definition) is 2. The number of sulfonamides is 1. The van der Waals surface area contributed by atoms with Crippen LogP contribution in [0.15, 0.2) is 24.3 Å².